The maximum absolute atomic E-state index is 6.03. The van der Waals surface area contributed by atoms with Crippen molar-refractivity contribution >= 4 is 34.4 Å². The number of aromatic nitrogens is 4. The summed E-state index contributed by atoms with van der Waals surface area (Å²) in [5.74, 6) is 0.888. The molecule has 4 rings (SSSR count). The number of hydrogen-bond acceptors (Lipinski definition) is 6. The van der Waals surface area contributed by atoms with Gasteiger partial charge in [-0.05, 0) is 6.07 Å². The van der Waals surface area contributed by atoms with Crippen molar-refractivity contribution in [2.75, 3.05) is 31.1 Å². The Bertz CT molecular complexity index is 776. The minimum absolute atomic E-state index is 0.761. The Morgan fingerprint density at radius 3 is 2.90 bits per heavy atom. The van der Waals surface area contributed by atoms with Crippen LogP contribution in [0.4, 0.5) is 5.82 Å². The lowest BCUT2D eigenvalue weighted by atomic mass is 10.2. The van der Waals surface area contributed by atoms with E-state index < -0.39 is 0 Å². The average Bonchev–Trinajstić information content (AvgIpc) is 3.16. The molecule has 1 aliphatic heterocycles. The van der Waals surface area contributed by atoms with Crippen LogP contribution in [0, 0.1) is 0 Å². The minimum atomic E-state index is 0.761. The van der Waals surface area contributed by atoms with Crippen molar-refractivity contribution in [3.05, 3.63) is 28.3 Å². The molecule has 0 bridgehead atoms. The SMILES string of the molecule is Clc1cc(-c2cnc(N3CCNCC3)c3nncn23)cs1. The zero-order valence-electron chi connectivity index (χ0n) is 11.2. The van der Waals surface area contributed by atoms with Crippen molar-refractivity contribution < 1.29 is 0 Å². The number of nitrogens with zero attached hydrogens (tertiary/aromatic N) is 5. The second-order valence-corrected chi connectivity index (χ2v) is 6.41. The molecule has 0 saturated carbocycles. The summed E-state index contributed by atoms with van der Waals surface area (Å²) in [6, 6.07) is 1.94. The van der Waals surface area contributed by atoms with Crippen molar-refractivity contribution in [2.24, 2.45) is 0 Å². The molecule has 0 aromatic carbocycles. The Balaban J connectivity index is 1.83. The molecular formula is C13H13ClN6S. The van der Waals surface area contributed by atoms with Crippen molar-refractivity contribution in [2.45, 2.75) is 0 Å². The molecular weight excluding hydrogens is 308 g/mol. The first kappa shape index (κ1) is 13.0. The highest BCUT2D eigenvalue weighted by Gasteiger charge is 2.18. The van der Waals surface area contributed by atoms with Gasteiger partial charge < -0.3 is 10.2 Å². The average molecular weight is 321 g/mol. The van der Waals surface area contributed by atoms with Crippen LogP contribution in [0.15, 0.2) is 24.0 Å². The molecule has 1 fully saturated rings. The predicted molar refractivity (Wildman–Crippen MR) is 84.2 cm³/mol. The first-order valence-corrected chi connectivity index (χ1v) is 7.97. The molecule has 21 heavy (non-hydrogen) atoms. The summed E-state index contributed by atoms with van der Waals surface area (Å²) in [4.78, 5) is 6.87. The summed E-state index contributed by atoms with van der Waals surface area (Å²) in [6.45, 7) is 3.78. The zero-order valence-corrected chi connectivity index (χ0v) is 12.7. The summed E-state index contributed by atoms with van der Waals surface area (Å²) in [6.07, 6.45) is 3.59. The van der Waals surface area contributed by atoms with Crippen LogP contribution >= 0.6 is 22.9 Å². The molecule has 0 radical (unpaired) electrons. The normalized spacial score (nSPS) is 15.8. The summed E-state index contributed by atoms with van der Waals surface area (Å²) in [7, 11) is 0. The smallest absolute Gasteiger partial charge is 0.204 e. The quantitative estimate of drug-likeness (QED) is 0.781. The fraction of sp³-hybridized carbons (Fsp3) is 0.308. The number of fused-ring (bicyclic) bond motifs is 1. The fourth-order valence-electron chi connectivity index (χ4n) is 2.56. The Kier molecular flexibility index (Phi) is 3.25. The maximum atomic E-state index is 6.03. The van der Waals surface area contributed by atoms with Gasteiger partial charge in [0.15, 0.2) is 5.82 Å². The highest BCUT2D eigenvalue weighted by molar-refractivity contribution is 7.14. The molecule has 8 heteroatoms. The highest BCUT2D eigenvalue weighted by atomic mass is 35.5. The van der Waals surface area contributed by atoms with Gasteiger partial charge in [0.2, 0.25) is 5.65 Å². The van der Waals surface area contributed by atoms with E-state index in [4.69, 9.17) is 11.6 Å². The first-order valence-electron chi connectivity index (χ1n) is 6.72. The lowest BCUT2D eigenvalue weighted by Gasteiger charge is -2.28. The van der Waals surface area contributed by atoms with E-state index in [1.807, 2.05) is 22.0 Å². The number of halogens is 1. The Labute approximate surface area is 130 Å². The van der Waals surface area contributed by atoms with E-state index >= 15 is 0 Å². The second-order valence-electron chi connectivity index (χ2n) is 4.87. The Hall–Kier alpha value is -1.70. The van der Waals surface area contributed by atoms with Gasteiger partial charge in [-0.3, -0.25) is 4.40 Å². The molecule has 0 spiro atoms. The molecule has 3 aromatic heterocycles. The molecule has 0 amide bonds. The first-order chi connectivity index (χ1) is 10.3. The minimum Gasteiger partial charge on any atom is -0.351 e. The number of anilines is 1. The van der Waals surface area contributed by atoms with Gasteiger partial charge >= 0.3 is 0 Å². The van der Waals surface area contributed by atoms with Crippen molar-refractivity contribution in [3.63, 3.8) is 0 Å². The van der Waals surface area contributed by atoms with E-state index in [2.05, 4.69) is 25.4 Å². The van der Waals surface area contributed by atoms with E-state index in [9.17, 15) is 0 Å². The van der Waals surface area contributed by atoms with Crippen molar-refractivity contribution in [3.8, 4) is 11.3 Å². The van der Waals surface area contributed by atoms with Gasteiger partial charge in [0.05, 0.1) is 16.2 Å². The number of thiophene rings is 1. The van der Waals surface area contributed by atoms with Gasteiger partial charge in [-0.1, -0.05) is 11.6 Å². The summed E-state index contributed by atoms with van der Waals surface area (Å²) >= 11 is 7.54. The van der Waals surface area contributed by atoms with Crippen molar-refractivity contribution in [1.82, 2.24) is 24.9 Å². The molecule has 108 valence electrons. The van der Waals surface area contributed by atoms with Crippen LogP contribution in [-0.2, 0) is 0 Å². The van der Waals surface area contributed by atoms with Crippen LogP contribution < -0.4 is 10.2 Å². The Morgan fingerprint density at radius 2 is 2.14 bits per heavy atom. The van der Waals surface area contributed by atoms with Crippen molar-refractivity contribution in [1.29, 1.82) is 0 Å². The molecule has 0 unspecified atom stereocenters. The standard InChI is InChI=1S/C13H13ClN6S/c14-11-5-9(7-21-11)10-6-16-12(13-18-17-8-20(10)13)19-3-1-15-2-4-19/h5-8,15H,1-4H2. The molecule has 1 N–H and O–H groups in total. The molecule has 6 nitrogen and oxygen atoms in total. The second kappa shape index (κ2) is 5.25. The van der Waals surface area contributed by atoms with Gasteiger partial charge in [-0.15, -0.1) is 21.5 Å². The van der Waals surface area contributed by atoms with E-state index in [0.717, 1.165) is 53.2 Å². The number of nitrogens with one attached hydrogen (secondary N) is 1. The van der Waals surface area contributed by atoms with Crippen LogP contribution in [0.3, 0.4) is 0 Å². The molecule has 1 saturated heterocycles. The molecule has 0 aliphatic carbocycles. The van der Waals surface area contributed by atoms with Gasteiger partial charge in [0.1, 0.15) is 6.33 Å². The fourth-order valence-corrected chi connectivity index (χ4v) is 3.44. The number of hydrogen-bond donors (Lipinski definition) is 1. The molecule has 0 atom stereocenters. The lowest BCUT2D eigenvalue weighted by molar-refractivity contribution is 0.585. The lowest BCUT2D eigenvalue weighted by Crippen LogP contribution is -2.44. The molecule has 3 aromatic rings. The maximum Gasteiger partial charge on any atom is 0.204 e. The number of rotatable bonds is 2. The topological polar surface area (TPSA) is 58.4 Å². The van der Waals surface area contributed by atoms with E-state index in [1.54, 1.807) is 6.33 Å². The largest absolute Gasteiger partial charge is 0.351 e. The van der Waals surface area contributed by atoms with E-state index in [-0.39, 0.29) is 0 Å². The molecule has 4 heterocycles. The van der Waals surface area contributed by atoms with E-state index in [1.165, 1.54) is 11.3 Å². The monoisotopic (exact) mass is 320 g/mol. The van der Waals surface area contributed by atoms with Gasteiger partial charge in [0.25, 0.3) is 0 Å². The van der Waals surface area contributed by atoms with Gasteiger partial charge in [0, 0.05) is 37.1 Å². The highest BCUT2D eigenvalue weighted by Crippen LogP contribution is 2.30. The van der Waals surface area contributed by atoms with Crippen LogP contribution in [0.1, 0.15) is 0 Å². The van der Waals surface area contributed by atoms with Crippen LogP contribution in [-0.4, -0.2) is 45.8 Å². The summed E-state index contributed by atoms with van der Waals surface area (Å²) in [5, 5.41) is 13.7. The van der Waals surface area contributed by atoms with Crippen LogP contribution in [0.25, 0.3) is 16.9 Å². The van der Waals surface area contributed by atoms with Gasteiger partial charge in [-0.2, -0.15) is 0 Å². The van der Waals surface area contributed by atoms with E-state index in [0.29, 0.717) is 0 Å². The number of piperazine rings is 1. The third kappa shape index (κ3) is 2.27. The summed E-state index contributed by atoms with van der Waals surface area (Å²) < 4.78 is 2.74. The summed E-state index contributed by atoms with van der Waals surface area (Å²) in [5.41, 5.74) is 2.78. The third-order valence-corrected chi connectivity index (χ3v) is 4.69. The molecule has 1 aliphatic rings. The zero-order chi connectivity index (χ0) is 14.2. The Morgan fingerprint density at radius 1 is 1.29 bits per heavy atom. The predicted octanol–water partition coefficient (Wildman–Crippen LogP) is 1.92. The van der Waals surface area contributed by atoms with Gasteiger partial charge in [-0.25, -0.2) is 4.98 Å². The third-order valence-electron chi connectivity index (χ3n) is 3.60. The van der Waals surface area contributed by atoms with Crippen LogP contribution in [0.2, 0.25) is 4.34 Å². The van der Waals surface area contributed by atoms with Crippen LogP contribution in [0.5, 0.6) is 0 Å².